The first-order chi connectivity index (χ1) is 8.63. The summed E-state index contributed by atoms with van der Waals surface area (Å²) >= 11 is 5.98. The molecule has 0 radical (unpaired) electrons. The minimum atomic E-state index is 0.0455. The number of hydrogen-bond donors (Lipinski definition) is 3. The standard InChI is InChI=1S/C12H18ClN3O2/c1-2-16(6-3-7-17)11-8-9(13)4-5-10(11)12(14)15-18/h4-5,8,17-18H,2-3,6-7H2,1H3,(H2,14,15). The van der Waals surface area contributed by atoms with Crippen molar-refractivity contribution in [2.75, 3.05) is 24.6 Å². The number of nitrogens with two attached hydrogens (primary N) is 1. The summed E-state index contributed by atoms with van der Waals surface area (Å²) in [6.07, 6.45) is 0.649. The molecule has 100 valence electrons. The molecule has 1 aromatic rings. The van der Waals surface area contributed by atoms with Gasteiger partial charge in [0.1, 0.15) is 0 Å². The molecule has 0 unspecified atom stereocenters. The number of aliphatic hydroxyl groups excluding tert-OH is 1. The fraction of sp³-hybridized carbons (Fsp3) is 0.417. The summed E-state index contributed by atoms with van der Waals surface area (Å²) in [5.74, 6) is 0.0455. The van der Waals surface area contributed by atoms with Crippen LogP contribution in [0.1, 0.15) is 18.9 Å². The first kappa shape index (κ1) is 14.6. The minimum absolute atomic E-state index is 0.0455. The second-order valence-electron chi connectivity index (χ2n) is 3.80. The maximum Gasteiger partial charge on any atom is 0.172 e. The molecule has 0 amide bonds. The van der Waals surface area contributed by atoms with Gasteiger partial charge in [0, 0.05) is 36.0 Å². The van der Waals surface area contributed by atoms with Gasteiger partial charge in [0.25, 0.3) is 0 Å². The molecule has 18 heavy (non-hydrogen) atoms. The molecule has 5 nitrogen and oxygen atoms in total. The second-order valence-corrected chi connectivity index (χ2v) is 4.24. The van der Waals surface area contributed by atoms with Crippen LogP contribution in [0.3, 0.4) is 0 Å². The Morgan fingerprint density at radius 2 is 2.22 bits per heavy atom. The number of oxime groups is 1. The Hall–Kier alpha value is -1.46. The van der Waals surface area contributed by atoms with Crippen molar-refractivity contribution < 1.29 is 10.3 Å². The van der Waals surface area contributed by atoms with Gasteiger partial charge in [-0.1, -0.05) is 16.8 Å². The van der Waals surface area contributed by atoms with Crippen LogP contribution in [-0.2, 0) is 0 Å². The van der Waals surface area contributed by atoms with Crippen LogP contribution in [0.15, 0.2) is 23.4 Å². The smallest absolute Gasteiger partial charge is 0.172 e. The van der Waals surface area contributed by atoms with Crippen LogP contribution in [0.2, 0.25) is 5.02 Å². The zero-order chi connectivity index (χ0) is 13.5. The largest absolute Gasteiger partial charge is 0.409 e. The molecular weight excluding hydrogens is 254 g/mol. The Balaban J connectivity index is 3.13. The molecule has 0 fully saturated rings. The molecule has 0 aliphatic rings. The second kappa shape index (κ2) is 7.08. The van der Waals surface area contributed by atoms with Gasteiger partial charge < -0.3 is 20.9 Å². The number of rotatable bonds is 6. The fourth-order valence-electron chi connectivity index (χ4n) is 1.75. The van der Waals surface area contributed by atoms with E-state index in [1.807, 2.05) is 11.8 Å². The first-order valence-corrected chi connectivity index (χ1v) is 6.15. The maximum atomic E-state index is 8.90. The Bertz CT molecular complexity index is 424. The molecule has 0 atom stereocenters. The van der Waals surface area contributed by atoms with Gasteiger partial charge in [0.05, 0.1) is 0 Å². The van der Waals surface area contributed by atoms with E-state index in [9.17, 15) is 0 Å². The third kappa shape index (κ3) is 3.51. The average molecular weight is 272 g/mol. The monoisotopic (exact) mass is 271 g/mol. The number of aliphatic hydroxyl groups is 1. The summed E-state index contributed by atoms with van der Waals surface area (Å²) in [5.41, 5.74) is 7.07. The van der Waals surface area contributed by atoms with Crippen molar-refractivity contribution in [2.24, 2.45) is 10.9 Å². The number of anilines is 1. The SMILES string of the molecule is CCN(CCCO)c1cc(Cl)ccc1/C(N)=N/O. The molecule has 4 N–H and O–H groups in total. The van der Waals surface area contributed by atoms with Crippen molar-refractivity contribution in [3.63, 3.8) is 0 Å². The highest BCUT2D eigenvalue weighted by molar-refractivity contribution is 6.31. The van der Waals surface area contributed by atoms with Gasteiger partial charge in [0.15, 0.2) is 5.84 Å². The van der Waals surface area contributed by atoms with Crippen molar-refractivity contribution >= 4 is 23.1 Å². The number of hydrogen-bond acceptors (Lipinski definition) is 4. The predicted octanol–water partition coefficient (Wildman–Crippen LogP) is 1.64. The number of benzene rings is 1. The van der Waals surface area contributed by atoms with Crippen LogP contribution in [0, 0.1) is 0 Å². The van der Waals surface area contributed by atoms with Crippen molar-refractivity contribution in [1.29, 1.82) is 0 Å². The van der Waals surface area contributed by atoms with Crippen LogP contribution < -0.4 is 10.6 Å². The van der Waals surface area contributed by atoms with E-state index in [-0.39, 0.29) is 12.4 Å². The number of amidine groups is 1. The Kier molecular flexibility index (Phi) is 5.74. The quantitative estimate of drug-likeness (QED) is 0.318. The van der Waals surface area contributed by atoms with Crippen LogP contribution in [0.5, 0.6) is 0 Å². The number of nitrogens with zero attached hydrogens (tertiary/aromatic N) is 2. The summed E-state index contributed by atoms with van der Waals surface area (Å²) in [4.78, 5) is 2.02. The molecule has 6 heteroatoms. The average Bonchev–Trinajstić information content (AvgIpc) is 2.39. The number of halogens is 1. The predicted molar refractivity (Wildman–Crippen MR) is 73.6 cm³/mol. The summed E-state index contributed by atoms with van der Waals surface area (Å²) in [5, 5.41) is 21.3. The van der Waals surface area contributed by atoms with E-state index in [0.717, 1.165) is 12.2 Å². The van der Waals surface area contributed by atoms with Crippen LogP contribution >= 0.6 is 11.6 Å². The lowest BCUT2D eigenvalue weighted by molar-refractivity contribution is 0.289. The summed E-state index contributed by atoms with van der Waals surface area (Å²) in [6.45, 7) is 3.54. The van der Waals surface area contributed by atoms with E-state index in [1.54, 1.807) is 18.2 Å². The highest BCUT2D eigenvalue weighted by Gasteiger charge is 2.13. The highest BCUT2D eigenvalue weighted by Crippen LogP contribution is 2.25. The topological polar surface area (TPSA) is 82.1 Å². The van der Waals surface area contributed by atoms with E-state index in [1.165, 1.54) is 0 Å². The van der Waals surface area contributed by atoms with Crippen LogP contribution in [-0.4, -0.2) is 35.8 Å². The Labute approximate surface area is 111 Å². The highest BCUT2D eigenvalue weighted by atomic mass is 35.5. The zero-order valence-electron chi connectivity index (χ0n) is 10.3. The minimum Gasteiger partial charge on any atom is -0.409 e. The zero-order valence-corrected chi connectivity index (χ0v) is 11.1. The van der Waals surface area contributed by atoms with E-state index in [4.69, 9.17) is 27.6 Å². The van der Waals surface area contributed by atoms with E-state index in [2.05, 4.69) is 5.16 Å². The Morgan fingerprint density at radius 1 is 1.50 bits per heavy atom. The molecule has 0 aliphatic carbocycles. The third-order valence-electron chi connectivity index (χ3n) is 2.65. The maximum absolute atomic E-state index is 8.90. The molecule has 0 heterocycles. The van der Waals surface area contributed by atoms with Gasteiger partial charge in [-0.2, -0.15) is 0 Å². The summed E-state index contributed by atoms with van der Waals surface area (Å²) in [7, 11) is 0. The van der Waals surface area contributed by atoms with Gasteiger partial charge in [0.2, 0.25) is 0 Å². The van der Waals surface area contributed by atoms with Gasteiger partial charge in [-0.25, -0.2) is 0 Å². The van der Waals surface area contributed by atoms with E-state index < -0.39 is 0 Å². The van der Waals surface area contributed by atoms with Crippen LogP contribution in [0.4, 0.5) is 5.69 Å². The molecule has 0 bridgehead atoms. The van der Waals surface area contributed by atoms with Gasteiger partial charge >= 0.3 is 0 Å². The summed E-state index contributed by atoms with van der Waals surface area (Å²) < 4.78 is 0. The molecular formula is C12H18ClN3O2. The molecule has 1 rings (SSSR count). The molecule has 0 saturated heterocycles. The van der Waals surface area contributed by atoms with Gasteiger partial charge in [-0.3, -0.25) is 0 Å². The van der Waals surface area contributed by atoms with Gasteiger partial charge in [-0.15, -0.1) is 0 Å². The van der Waals surface area contributed by atoms with Crippen molar-refractivity contribution in [1.82, 2.24) is 0 Å². The molecule has 0 spiro atoms. The Morgan fingerprint density at radius 3 is 2.78 bits per heavy atom. The molecule has 0 aromatic heterocycles. The van der Waals surface area contributed by atoms with E-state index in [0.29, 0.717) is 23.6 Å². The van der Waals surface area contributed by atoms with Gasteiger partial charge in [-0.05, 0) is 31.5 Å². The van der Waals surface area contributed by atoms with Crippen LogP contribution in [0.25, 0.3) is 0 Å². The van der Waals surface area contributed by atoms with Crippen molar-refractivity contribution in [3.05, 3.63) is 28.8 Å². The summed E-state index contributed by atoms with van der Waals surface area (Å²) in [6, 6.07) is 5.18. The molecule has 0 saturated carbocycles. The third-order valence-corrected chi connectivity index (χ3v) is 2.89. The first-order valence-electron chi connectivity index (χ1n) is 5.77. The lowest BCUT2D eigenvalue weighted by atomic mass is 10.1. The lowest BCUT2D eigenvalue weighted by Crippen LogP contribution is -2.28. The lowest BCUT2D eigenvalue weighted by Gasteiger charge is -2.25. The van der Waals surface area contributed by atoms with Crippen molar-refractivity contribution in [3.8, 4) is 0 Å². The van der Waals surface area contributed by atoms with Crippen molar-refractivity contribution in [2.45, 2.75) is 13.3 Å². The molecule has 0 aliphatic heterocycles. The fourth-order valence-corrected chi connectivity index (χ4v) is 1.91. The molecule has 1 aromatic carbocycles. The normalized spacial score (nSPS) is 11.6. The van der Waals surface area contributed by atoms with E-state index >= 15 is 0 Å².